The standard InChI is InChI=1S/C12H16O4/c1-8(13)16-9-5-4-6-11(2)10(14)15-7-12(9,11)3/h4,6,9H,5,7H2,1-3H3/t9-,11-,12-/m0/s1. The molecule has 2 rings (SSSR count). The zero-order chi connectivity index (χ0) is 12.0. The first-order chi connectivity index (χ1) is 7.40. The van der Waals surface area contributed by atoms with Crippen molar-refractivity contribution in [2.24, 2.45) is 10.8 Å². The van der Waals surface area contributed by atoms with Gasteiger partial charge in [-0.25, -0.2) is 0 Å². The van der Waals surface area contributed by atoms with Gasteiger partial charge in [0.05, 0.1) is 10.8 Å². The Balaban J connectivity index is 2.37. The van der Waals surface area contributed by atoms with Crippen molar-refractivity contribution in [3.05, 3.63) is 12.2 Å². The summed E-state index contributed by atoms with van der Waals surface area (Å²) in [6.07, 6.45) is 4.12. The highest BCUT2D eigenvalue weighted by atomic mass is 16.6. The van der Waals surface area contributed by atoms with Crippen LogP contribution >= 0.6 is 0 Å². The van der Waals surface area contributed by atoms with Crippen molar-refractivity contribution < 1.29 is 19.1 Å². The molecule has 0 unspecified atom stereocenters. The van der Waals surface area contributed by atoms with E-state index in [9.17, 15) is 9.59 Å². The smallest absolute Gasteiger partial charge is 0.316 e. The first-order valence-electron chi connectivity index (χ1n) is 5.42. The van der Waals surface area contributed by atoms with E-state index >= 15 is 0 Å². The normalized spacial score (nSPS) is 41.4. The third-order valence-corrected chi connectivity index (χ3v) is 3.93. The number of carbonyl (C=O) groups is 2. The molecule has 4 nitrogen and oxygen atoms in total. The Morgan fingerprint density at radius 3 is 2.88 bits per heavy atom. The Morgan fingerprint density at radius 1 is 1.56 bits per heavy atom. The van der Waals surface area contributed by atoms with Gasteiger partial charge in [0.15, 0.2) is 0 Å². The number of esters is 2. The second-order valence-corrected chi connectivity index (χ2v) is 4.93. The van der Waals surface area contributed by atoms with Crippen molar-refractivity contribution in [2.45, 2.75) is 33.3 Å². The predicted octanol–water partition coefficient (Wildman–Crippen LogP) is 1.45. The summed E-state index contributed by atoms with van der Waals surface area (Å²) >= 11 is 0. The fourth-order valence-corrected chi connectivity index (χ4v) is 2.50. The Morgan fingerprint density at radius 2 is 2.25 bits per heavy atom. The van der Waals surface area contributed by atoms with Gasteiger partial charge in [0.1, 0.15) is 12.7 Å². The molecule has 1 aliphatic carbocycles. The predicted molar refractivity (Wildman–Crippen MR) is 56.5 cm³/mol. The van der Waals surface area contributed by atoms with Gasteiger partial charge in [-0.3, -0.25) is 9.59 Å². The average molecular weight is 224 g/mol. The number of carbonyl (C=O) groups excluding carboxylic acids is 2. The highest BCUT2D eigenvalue weighted by Crippen LogP contribution is 2.53. The van der Waals surface area contributed by atoms with Crippen molar-refractivity contribution in [1.82, 2.24) is 0 Å². The minimum absolute atomic E-state index is 0.233. The second-order valence-electron chi connectivity index (χ2n) is 4.93. The molecule has 1 saturated heterocycles. The lowest BCUT2D eigenvalue weighted by molar-refractivity contribution is -0.158. The second kappa shape index (κ2) is 3.34. The van der Waals surface area contributed by atoms with E-state index in [2.05, 4.69) is 0 Å². The van der Waals surface area contributed by atoms with Crippen LogP contribution in [-0.4, -0.2) is 24.6 Å². The van der Waals surface area contributed by atoms with Crippen molar-refractivity contribution in [1.29, 1.82) is 0 Å². The Bertz CT molecular complexity index is 373. The first kappa shape index (κ1) is 11.2. The van der Waals surface area contributed by atoms with Crippen LogP contribution < -0.4 is 0 Å². The van der Waals surface area contributed by atoms with Crippen LogP contribution in [0.15, 0.2) is 12.2 Å². The van der Waals surface area contributed by atoms with Crippen LogP contribution in [0.3, 0.4) is 0 Å². The Kier molecular flexibility index (Phi) is 2.33. The average Bonchev–Trinajstić information content (AvgIpc) is 2.43. The molecule has 88 valence electrons. The number of rotatable bonds is 1. The molecule has 1 heterocycles. The van der Waals surface area contributed by atoms with E-state index in [1.807, 2.05) is 26.0 Å². The van der Waals surface area contributed by atoms with Crippen LogP contribution in [0.4, 0.5) is 0 Å². The van der Waals surface area contributed by atoms with Crippen molar-refractivity contribution >= 4 is 11.9 Å². The van der Waals surface area contributed by atoms with E-state index in [4.69, 9.17) is 9.47 Å². The van der Waals surface area contributed by atoms with Crippen LogP contribution in [0.2, 0.25) is 0 Å². The van der Waals surface area contributed by atoms with Crippen LogP contribution in [-0.2, 0) is 19.1 Å². The van der Waals surface area contributed by atoms with E-state index in [1.54, 1.807) is 0 Å². The summed E-state index contributed by atoms with van der Waals surface area (Å²) < 4.78 is 10.4. The summed E-state index contributed by atoms with van der Waals surface area (Å²) in [5.41, 5.74) is -1.13. The molecule has 1 fully saturated rings. The molecule has 0 N–H and O–H groups in total. The Hall–Kier alpha value is -1.32. The largest absolute Gasteiger partial charge is 0.464 e. The number of fused-ring (bicyclic) bond motifs is 1. The third-order valence-electron chi connectivity index (χ3n) is 3.93. The van der Waals surface area contributed by atoms with E-state index in [0.29, 0.717) is 13.0 Å². The maximum Gasteiger partial charge on any atom is 0.316 e. The molecule has 0 saturated carbocycles. The summed E-state index contributed by atoms with van der Waals surface area (Å²) in [6, 6.07) is 0. The van der Waals surface area contributed by atoms with Crippen molar-refractivity contribution in [2.75, 3.05) is 6.61 Å². The van der Waals surface area contributed by atoms with Gasteiger partial charge in [0.25, 0.3) is 0 Å². The third kappa shape index (κ3) is 1.29. The van der Waals surface area contributed by atoms with E-state index in [0.717, 1.165) is 0 Å². The highest BCUT2D eigenvalue weighted by Gasteiger charge is 2.61. The maximum absolute atomic E-state index is 11.8. The lowest BCUT2D eigenvalue weighted by atomic mass is 9.61. The molecule has 0 radical (unpaired) electrons. The van der Waals surface area contributed by atoms with E-state index in [-0.39, 0.29) is 18.0 Å². The fourth-order valence-electron chi connectivity index (χ4n) is 2.50. The molecule has 0 aromatic rings. The van der Waals surface area contributed by atoms with Crippen LogP contribution in [0.25, 0.3) is 0 Å². The molecule has 0 amide bonds. The van der Waals surface area contributed by atoms with Gasteiger partial charge >= 0.3 is 11.9 Å². The zero-order valence-electron chi connectivity index (χ0n) is 9.78. The molecule has 2 aliphatic rings. The molecule has 3 atom stereocenters. The summed E-state index contributed by atoms with van der Waals surface area (Å²) in [4.78, 5) is 22.8. The lowest BCUT2D eigenvalue weighted by Crippen LogP contribution is -2.49. The van der Waals surface area contributed by atoms with Gasteiger partial charge in [-0.1, -0.05) is 19.1 Å². The topological polar surface area (TPSA) is 52.6 Å². The van der Waals surface area contributed by atoms with Gasteiger partial charge in [-0.2, -0.15) is 0 Å². The van der Waals surface area contributed by atoms with Crippen molar-refractivity contribution in [3.8, 4) is 0 Å². The van der Waals surface area contributed by atoms with Gasteiger partial charge in [0, 0.05) is 13.3 Å². The quantitative estimate of drug-likeness (QED) is 0.499. The number of hydrogen-bond donors (Lipinski definition) is 0. The van der Waals surface area contributed by atoms with Crippen LogP contribution in [0, 0.1) is 10.8 Å². The Labute approximate surface area is 94.6 Å². The lowest BCUT2D eigenvalue weighted by Gasteiger charge is -2.42. The number of ether oxygens (including phenoxy) is 2. The molecule has 16 heavy (non-hydrogen) atoms. The molecular formula is C12H16O4. The molecule has 1 aliphatic heterocycles. The minimum atomic E-state index is -0.675. The van der Waals surface area contributed by atoms with Crippen LogP contribution in [0.5, 0.6) is 0 Å². The molecule has 0 aromatic heterocycles. The minimum Gasteiger partial charge on any atom is -0.464 e. The maximum atomic E-state index is 11.8. The van der Waals surface area contributed by atoms with E-state index in [1.165, 1.54) is 6.92 Å². The van der Waals surface area contributed by atoms with Gasteiger partial charge in [-0.15, -0.1) is 0 Å². The summed E-state index contributed by atoms with van der Waals surface area (Å²) in [5.74, 6) is -0.550. The van der Waals surface area contributed by atoms with Gasteiger partial charge in [-0.05, 0) is 6.92 Å². The molecular weight excluding hydrogens is 208 g/mol. The number of hydrogen-bond acceptors (Lipinski definition) is 4. The summed E-state index contributed by atoms with van der Waals surface area (Å²) in [5, 5.41) is 0. The van der Waals surface area contributed by atoms with Crippen molar-refractivity contribution in [3.63, 3.8) is 0 Å². The van der Waals surface area contributed by atoms with Crippen LogP contribution in [0.1, 0.15) is 27.2 Å². The first-order valence-corrected chi connectivity index (χ1v) is 5.42. The SMILES string of the molecule is CC(=O)O[C@H]1CC=C[C@@]2(C)C(=O)OC[C@@]12C. The fraction of sp³-hybridized carbons (Fsp3) is 0.667. The number of cyclic esters (lactones) is 1. The highest BCUT2D eigenvalue weighted by molar-refractivity contribution is 5.82. The van der Waals surface area contributed by atoms with E-state index < -0.39 is 10.8 Å². The van der Waals surface area contributed by atoms with Gasteiger partial charge < -0.3 is 9.47 Å². The van der Waals surface area contributed by atoms with Gasteiger partial charge in [0.2, 0.25) is 0 Å². The summed E-state index contributed by atoms with van der Waals surface area (Å²) in [6.45, 7) is 5.48. The molecule has 0 aromatic carbocycles. The molecule has 4 heteroatoms. The zero-order valence-corrected chi connectivity index (χ0v) is 9.78. The monoisotopic (exact) mass is 224 g/mol. The molecule has 0 bridgehead atoms. The summed E-state index contributed by atoms with van der Waals surface area (Å²) in [7, 11) is 0. The molecule has 0 spiro atoms.